The lowest BCUT2D eigenvalue weighted by Crippen LogP contribution is -2.42. The number of hydrogen-bond donors (Lipinski definition) is 2. The Morgan fingerprint density at radius 2 is 2.14 bits per heavy atom. The van der Waals surface area contributed by atoms with E-state index in [9.17, 15) is 0 Å². The molecule has 2 unspecified atom stereocenters. The SMILES string of the molecule is CCCNc1cc(NC2CCN(C)C(C)C2)nc(SC)n1. The lowest BCUT2D eigenvalue weighted by atomic mass is 9.99. The van der Waals surface area contributed by atoms with Crippen molar-refractivity contribution in [2.75, 3.05) is 37.0 Å². The van der Waals surface area contributed by atoms with Gasteiger partial charge in [-0.15, -0.1) is 0 Å². The summed E-state index contributed by atoms with van der Waals surface area (Å²) in [5.74, 6) is 1.86. The van der Waals surface area contributed by atoms with E-state index in [-0.39, 0.29) is 0 Å². The Kier molecular flexibility index (Phi) is 6.11. The Balaban J connectivity index is 2.04. The van der Waals surface area contributed by atoms with Gasteiger partial charge in [0.25, 0.3) is 0 Å². The van der Waals surface area contributed by atoms with E-state index in [2.05, 4.69) is 46.4 Å². The lowest BCUT2D eigenvalue weighted by Gasteiger charge is -2.35. The Hall–Kier alpha value is -1.01. The van der Waals surface area contributed by atoms with Crippen molar-refractivity contribution in [2.45, 2.75) is 50.4 Å². The first-order valence-corrected chi connectivity index (χ1v) is 8.98. The highest BCUT2D eigenvalue weighted by Crippen LogP contribution is 2.22. The predicted octanol–water partition coefficient (Wildman–Crippen LogP) is 2.92. The van der Waals surface area contributed by atoms with Crippen LogP contribution in [-0.4, -0.2) is 53.3 Å². The van der Waals surface area contributed by atoms with E-state index in [1.165, 1.54) is 0 Å². The molecular formula is C15H27N5S. The smallest absolute Gasteiger partial charge is 0.191 e. The third-order valence-corrected chi connectivity index (χ3v) is 4.55. The van der Waals surface area contributed by atoms with Crippen LogP contribution in [0.25, 0.3) is 0 Å². The van der Waals surface area contributed by atoms with E-state index in [0.29, 0.717) is 12.1 Å². The number of likely N-dealkylation sites (tertiary alicyclic amines) is 1. The molecule has 0 aromatic carbocycles. The normalized spacial score (nSPS) is 23.0. The van der Waals surface area contributed by atoms with Crippen LogP contribution in [0.15, 0.2) is 11.2 Å². The van der Waals surface area contributed by atoms with Crippen molar-refractivity contribution in [1.82, 2.24) is 14.9 Å². The zero-order chi connectivity index (χ0) is 15.2. The van der Waals surface area contributed by atoms with E-state index in [1.807, 2.05) is 12.3 Å². The van der Waals surface area contributed by atoms with Crippen molar-refractivity contribution in [3.05, 3.63) is 6.07 Å². The second-order valence-electron chi connectivity index (χ2n) is 5.75. The summed E-state index contributed by atoms with van der Waals surface area (Å²) in [6, 6.07) is 3.15. The summed E-state index contributed by atoms with van der Waals surface area (Å²) in [5, 5.41) is 7.76. The van der Waals surface area contributed by atoms with Crippen molar-refractivity contribution < 1.29 is 0 Å². The topological polar surface area (TPSA) is 53.1 Å². The van der Waals surface area contributed by atoms with Crippen LogP contribution in [0.4, 0.5) is 11.6 Å². The quantitative estimate of drug-likeness (QED) is 0.622. The molecule has 0 amide bonds. The number of rotatable bonds is 6. The molecule has 2 N–H and O–H groups in total. The monoisotopic (exact) mass is 309 g/mol. The number of thioether (sulfide) groups is 1. The molecule has 2 heterocycles. The van der Waals surface area contributed by atoms with Gasteiger partial charge in [0.05, 0.1) is 0 Å². The number of piperidine rings is 1. The second-order valence-corrected chi connectivity index (χ2v) is 6.52. The highest BCUT2D eigenvalue weighted by atomic mass is 32.2. The highest BCUT2D eigenvalue weighted by Gasteiger charge is 2.23. The minimum absolute atomic E-state index is 0.500. The molecule has 5 nitrogen and oxygen atoms in total. The maximum Gasteiger partial charge on any atom is 0.191 e. The van der Waals surface area contributed by atoms with Crippen LogP contribution in [0, 0.1) is 0 Å². The first-order valence-electron chi connectivity index (χ1n) is 7.76. The number of anilines is 2. The number of nitrogens with one attached hydrogen (secondary N) is 2. The van der Waals surface area contributed by atoms with Crippen LogP contribution in [0.1, 0.15) is 33.1 Å². The first-order chi connectivity index (χ1) is 10.1. The zero-order valence-corrected chi connectivity index (χ0v) is 14.3. The van der Waals surface area contributed by atoms with Crippen LogP contribution < -0.4 is 10.6 Å². The molecule has 1 saturated heterocycles. The summed E-state index contributed by atoms with van der Waals surface area (Å²) in [7, 11) is 2.20. The predicted molar refractivity (Wildman–Crippen MR) is 91.3 cm³/mol. The average molecular weight is 309 g/mol. The molecule has 118 valence electrons. The van der Waals surface area contributed by atoms with E-state index in [4.69, 9.17) is 0 Å². The molecule has 1 aromatic heterocycles. The van der Waals surface area contributed by atoms with Crippen molar-refractivity contribution in [3.8, 4) is 0 Å². The molecule has 0 spiro atoms. The van der Waals surface area contributed by atoms with Gasteiger partial charge >= 0.3 is 0 Å². The van der Waals surface area contributed by atoms with Crippen molar-refractivity contribution >= 4 is 23.4 Å². The summed E-state index contributed by atoms with van der Waals surface area (Å²) in [5.41, 5.74) is 0. The van der Waals surface area contributed by atoms with E-state index in [0.717, 1.165) is 49.1 Å². The van der Waals surface area contributed by atoms with Gasteiger partial charge in [0, 0.05) is 31.2 Å². The van der Waals surface area contributed by atoms with Crippen LogP contribution in [0.3, 0.4) is 0 Å². The molecule has 1 aliphatic rings. The fourth-order valence-electron chi connectivity index (χ4n) is 2.56. The molecule has 1 aromatic rings. The molecule has 1 fully saturated rings. The fraction of sp³-hybridized carbons (Fsp3) is 0.733. The Labute approximate surface area is 132 Å². The lowest BCUT2D eigenvalue weighted by molar-refractivity contribution is 0.190. The van der Waals surface area contributed by atoms with Gasteiger partial charge in [-0.3, -0.25) is 0 Å². The summed E-state index contributed by atoms with van der Waals surface area (Å²) in [4.78, 5) is 11.5. The molecule has 0 bridgehead atoms. The van der Waals surface area contributed by atoms with Crippen LogP contribution in [-0.2, 0) is 0 Å². The maximum atomic E-state index is 4.59. The minimum Gasteiger partial charge on any atom is -0.370 e. The first kappa shape index (κ1) is 16.4. The van der Waals surface area contributed by atoms with Crippen LogP contribution >= 0.6 is 11.8 Å². The minimum atomic E-state index is 0.500. The van der Waals surface area contributed by atoms with Gasteiger partial charge < -0.3 is 15.5 Å². The molecule has 2 atom stereocenters. The summed E-state index contributed by atoms with van der Waals surface area (Å²) in [6.07, 6.45) is 5.43. The molecule has 6 heteroatoms. The van der Waals surface area contributed by atoms with Crippen molar-refractivity contribution in [2.24, 2.45) is 0 Å². The van der Waals surface area contributed by atoms with E-state index < -0.39 is 0 Å². The number of aromatic nitrogens is 2. The highest BCUT2D eigenvalue weighted by molar-refractivity contribution is 7.98. The summed E-state index contributed by atoms with van der Waals surface area (Å²) < 4.78 is 0. The van der Waals surface area contributed by atoms with Crippen LogP contribution in [0.5, 0.6) is 0 Å². The summed E-state index contributed by atoms with van der Waals surface area (Å²) in [6.45, 7) is 6.52. The molecule has 0 saturated carbocycles. The van der Waals surface area contributed by atoms with E-state index >= 15 is 0 Å². The zero-order valence-electron chi connectivity index (χ0n) is 13.5. The summed E-state index contributed by atoms with van der Waals surface area (Å²) >= 11 is 1.58. The molecule has 1 aliphatic heterocycles. The largest absolute Gasteiger partial charge is 0.370 e. The third-order valence-electron chi connectivity index (χ3n) is 4.00. The Bertz CT molecular complexity index is 454. The molecular weight excluding hydrogens is 282 g/mol. The van der Waals surface area contributed by atoms with Gasteiger partial charge in [-0.1, -0.05) is 18.7 Å². The number of hydrogen-bond acceptors (Lipinski definition) is 6. The van der Waals surface area contributed by atoms with Crippen molar-refractivity contribution in [3.63, 3.8) is 0 Å². The molecule has 0 radical (unpaired) electrons. The van der Waals surface area contributed by atoms with Gasteiger partial charge in [0.2, 0.25) is 0 Å². The standard InChI is InChI=1S/C15H27N5S/c1-5-7-16-13-10-14(19-15(18-13)21-4)17-12-6-8-20(3)11(2)9-12/h10-12H,5-9H2,1-4H3,(H2,16,17,18,19). The van der Waals surface area contributed by atoms with Gasteiger partial charge in [-0.25, -0.2) is 9.97 Å². The molecule has 2 rings (SSSR count). The van der Waals surface area contributed by atoms with E-state index in [1.54, 1.807) is 11.8 Å². The third kappa shape index (κ3) is 4.74. The van der Waals surface area contributed by atoms with Gasteiger partial charge in [-0.2, -0.15) is 0 Å². The Morgan fingerprint density at radius 3 is 2.81 bits per heavy atom. The maximum absolute atomic E-state index is 4.59. The fourth-order valence-corrected chi connectivity index (χ4v) is 2.94. The molecule has 0 aliphatic carbocycles. The molecule has 21 heavy (non-hydrogen) atoms. The second kappa shape index (κ2) is 7.84. The van der Waals surface area contributed by atoms with Crippen LogP contribution in [0.2, 0.25) is 0 Å². The van der Waals surface area contributed by atoms with Gasteiger partial charge in [0.1, 0.15) is 11.6 Å². The van der Waals surface area contributed by atoms with Gasteiger partial charge in [-0.05, 0) is 39.5 Å². The average Bonchev–Trinajstić information content (AvgIpc) is 2.48. The number of nitrogens with zero attached hydrogens (tertiary/aromatic N) is 3. The Morgan fingerprint density at radius 1 is 1.38 bits per heavy atom. The van der Waals surface area contributed by atoms with Crippen molar-refractivity contribution in [1.29, 1.82) is 0 Å². The van der Waals surface area contributed by atoms with Gasteiger partial charge in [0.15, 0.2) is 5.16 Å².